The molecule has 0 bridgehead atoms. The Morgan fingerprint density at radius 2 is 2.31 bits per heavy atom. The molecule has 1 rings (SSSR count). The quantitative estimate of drug-likeness (QED) is 0.778. The standard InChI is InChI=1S/C13H16FNO/c1-4-5-10(3)15-13(16)12-7-6-11(14)8-9(12)2/h4,6-8,10H,1,5H2,2-3H3,(H,15,16). The predicted octanol–water partition coefficient (Wildman–Crippen LogP) is 2.83. The number of nitrogens with one attached hydrogen (secondary N) is 1. The molecule has 3 heteroatoms. The molecule has 0 fully saturated rings. The summed E-state index contributed by atoms with van der Waals surface area (Å²) < 4.78 is 12.8. The third-order valence-electron chi connectivity index (χ3n) is 2.33. The lowest BCUT2D eigenvalue weighted by molar-refractivity contribution is 0.0940. The van der Waals surface area contributed by atoms with Crippen LogP contribution in [-0.4, -0.2) is 11.9 Å². The largest absolute Gasteiger partial charge is 0.349 e. The van der Waals surface area contributed by atoms with Crippen LogP contribution in [0.25, 0.3) is 0 Å². The summed E-state index contributed by atoms with van der Waals surface area (Å²) in [5.41, 5.74) is 1.15. The van der Waals surface area contributed by atoms with Crippen LogP contribution in [0.2, 0.25) is 0 Å². The summed E-state index contributed by atoms with van der Waals surface area (Å²) in [5.74, 6) is -0.500. The van der Waals surface area contributed by atoms with Gasteiger partial charge in [-0.3, -0.25) is 4.79 Å². The molecule has 0 radical (unpaired) electrons. The summed E-state index contributed by atoms with van der Waals surface area (Å²) in [5, 5.41) is 2.82. The molecule has 2 nitrogen and oxygen atoms in total. The van der Waals surface area contributed by atoms with Gasteiger partial charge in [0.15, 0.2) is 0 Å². The minimum Gasteiger partial charge on any atom is -0.349 e. The second kappa shape index (κ2) is 5.45. The van der Waals surface area contributed by atoms with Crippen molar-refractivity contribution in [3.05, 3.63) is 47.8 Å². The number of carbonyl (C=O) groups is 1. The van der Waals surface area contributed by atoms with Gasteiger partial charge in [-0.1, -0.05) is 6.08 Å². The van der Waals surface area contributed by atoms with E-state index >= 15 is 0 Å². The Bertz CT molecular complexity index is 401. The molecule has 1 unspecified atom stereocenters. The first-order valence-electron chi connectivity index (χ1n) is 5.22. The Morgan fingerprint density at radius 1 is 1.62 bits per heavy atom. The van der Waals surface area contributed by atoms with Crippen LogP contribution in [0, 0.1) is 12.7 Å². The van der Waals surface area contributed by atoms with Gasteiger partial charge in [-0.2, -0.15) is 0 Å². The molecule has 1 N–H and O–H groups in total. The second-order valence-corrected chi connectivity index (χ2v) is 3.86. The summed E-state index contributed by atoms with van der Waals surface area (Å²) in [6.07, 6.45) is 2.47. The molecule has 1 atom stereocenters. The minimum absolute atomic E-state index is 0.0365. The van der Waals surface area contributed by atoms with Crippen molar-refractivity contribution < 1.29 is 9.18 Å². The van der Waals surface area contributed by atoms with E-state index < -0.39 is 0 Å². The van der Waals surface area contributed by atoms with Crippen LogP contribution in [0.4, 0.5) is 4.39 Å². The highest BCUT2D eigenvalue weighted by Gasteiger charge is 2.11. The fourth-order valence-electron chi connectivity index (χ4n) is 1.49. The van der Waals surface area contributed by atoms with Crippen LogP contribution in [0.3, 0.4) is 0 Å². The predicted molar refractivity (Wildman–Crippen MR) is 62.9 cm³/mol. The fraction of sp³-hybridized carbons (Fsp3) is 0.308. The molecule has 0 saturated heterocycles. The Morgan fingerprint density at radius 3 is 2.88 bits per heavy atom. The molecule has 86 valence electrons. The van der Waals surface area contributed by atoms with E-state index in [1.54, 1.807) is 13.0 Å². The molecular formula is C13H16FNO. The van der Waals surface area contributed by atoms with Gasteiger partial charge >= 0.3 is 0 Å². The number of halogens is 1. The highest BCUT2D eigenvalue weighted by molar-refractivity contribution is 5.95. The van der Waals surface area contributed by atoms with Gasteiger partial charge in [-0.15, -0.1) is 6.58 Å². The normalized spacial score (nSPS) is 11.9. The molecule has 0 aliphatic rings. The van der Waals surface area contributed by atoms with Crippen LogP contribution in [0.1, 0.15) is 29.3 Å². The molecule has 0 aliphatic carbocycles. The topological polar surface area (TPSA) is 29.1 Å². The van der Waals surface area contributed by atoms with Gasteiger partial charge in [-0.05, 0) is 44.0 Å². The first-order chi connectivity index (χ1) is 7.54. The smallest absolute Gasteiger partial charge is 0.251 e. The third-order valence-corrected chi connectivity index (χ3v) is 2.33. The number of carbonyl (C=O) groups excluding carboxylic acids is 1. The number of hydrogen-bond acceptors (Lipinski definition) is 1. The zero-order valence-corrected chi connectivity index (χ0v) is 9.59. The monoisotopic (exact) mass is 221 g/mol. The molecule has 16 heavy (non-hydrogen) atoms. The summed E-state index contributed by atoms with van der Waals surface area (Å²) in [4.78, 5) is 11.8. The molecule has 1 aromatic rings. The van der Waals surface area contributed by atoms with E-state index in [0.29, 0.717) is 17.5 Å². The molecular weight excluding hydrogens is 205 g/mol. The molecule has 1 aromatic carbocycles. The van der Waals surface area contributed by atoms with Crippen molar-refractivity contribution in [1.29, 1.82) is 0 Å². The molecule has 1 amide bonds. The lowest BCUT2D eigenvalue weighted by atomic mass is 10.1. The maximum Gasteiger partial charge on any atom is 0.251 e. The van der Waals surface area contributed by atoms with Gasteiger partial charge in [0.2, 0.25) is 0 Å². The van der Waals surface area contributed by atoms with Gasteiger partial charge in [0, 0.05) is 11.6 Å². The maximum atomic E-state index is 12.8. The Kier molecular flexibility index (Phi) is 4.23. The summed E-state index contributed by atoms with van der Waals surface area (Å²) >= 11 is 0. The average molecular weight is 221 g/mol. The van der Waals surface area contributed by atoms with Crippen LogP contribution in [0.5, 0.6) is 0 Å². The molecule has 0 aromatic heterocycles. The van der Waals surface area contributed by atoms with Crippen LogP contribution >= 0.6 is 0 Å². The molecule has 0 heterocycles. The number of hydrogen-bond donors (Lipinski definition) is 1. The minimum atomic E-state index is -0.326. The van der Waals surface area contributed by atoms with Crippen LogP contribution in [0.15, 0.2) is 30.9 Å². The van der Waals surface area contributed by atoms with E-state index in [1.807, 2.05) is 6.92 Å². The first-order valence-corrected chi connectivity index (χ1v) is 5.22. The summed E-state index contributed by atoms with van der Waals surface area (Å²) in [7, 11) is 0. The van der Waals surface area contributed by atoms with Crippen LogP contribution < -0.4 is 5.32 Å². The Hall–Kier alpha value is -1.64. The van der Waals surface area contributed by atoms with Crippen molar-refractivity contribution >= 4 is 5.91 Å². The van der Waals surface area contributed by atoms with Gasteiger partial charge in [0.25, 0.3) is 5.91 Å². The number of amides is 1. The van der Waals surface area contributed by atoms with Gasteiger partial charge in [-0.25, -0.2) is 4.39 Å². The number of benzene rings is 1. The Balaban J connectivity index is 2.76. The molecule has 0 aliphatic heterocycles. The molecule has 0 spiro atoms. The van der Waals surface area contributed by atoms with E-state index in [0.717, 1.165) is 0 Å². The van der Waals surface area contributed by atoms with Gasteiger partial charge in [0.05, 0.1) is 0 Å². The summed E-state index contributed by atoms with van der Waals surface area (Å²) in [6, 6.07) is 4.18. The summed E-state index contributed by atoms with van der Waals surface area (Å²) in [6.45, 7) is 7.23. The number of rotatable bonds is 4. The third kappa shape index (κ3) is 3.19. The molecule has 0 saturated carbocycles. The highest BCUT2D eigenvalue weighted by Crippen LogP contribution is 2.10. The van der Waals surface area contributed by atoms with E-state index in [9.17, 15) is 9.18 Å². The SMILES string of the molecule is C=CCC(C)NC(=O)c1ccc(F)cc1C. The zero-order chi connectivity index (χ0) is 12.1. The maximum absolute atomic E-state index is 12.8. The van der Waals surface area contributed by atoms with Crippen molar-refractivity contribution in [3.8, 4) is 0 Å². The van der Waals surface area contributed by atoms with Gasteiger partial charge in [0.1, 0.15) is 5.82 Å². The van der Waals surface area contributed by atoms with Crippen molar-refractivity contribution in [3.63, 3.8) is 0 Å². The van der Waals surface area contributed by atoms with Crippen molar-refractivity contribution in [2.45, 2.75) is 26.3 Å². The van der Waals surface area contributed by atoms with Crippen LogP contribution in [-0.2, 0) is 0 Å². The lowest BCUT2D eigenvalue weighted by Gasteiger charge is -2.12. The van der Waals surface area contributed by atoms with Crippen molar-refractivity contribution in [1.82, 2.24) is 5.32 Å². The lowest BCUT2D eigenvalue weighted by Crippen LogP contribution is -2.32. The van der Waals surface area contributed by atoms with E-state index in [-0.39, 0.29) is 17.8 Å². The zero-order valence-electron chi connectivity index (χ0n) is 9.59. The van der Waals surface area contributed by atoms with Crippen molar-refractivity contribution in [2.75, 3.05) is 0 Å². The van der Waals surface area contributed by atoms with Crippen molar-refractivity contribution in [2.24, 2.45) is 0 Å². The first kappa shape index (κ1) is 12.4. The second-order valence-electron chi connectivity index (χ2n) is 3.86. The van der Waals surface area contributed by atoms with Gasteiger partial charge < -0.3 is 5.32 Å². The average Bonchev–Trinajstić information content (AvgIpc) is 2.17. The highest BCUT2D eigenvalue weighted by atomic mass is 19.1. The Labute approximate surface area is 95.2 Å². The fourth-order valence-corrected chi connectivity index (χ4v) is 1.49. The van der Waals surface area contributed by atoms with E-state index in [4.69, 9.17) is 0 Å². The van der Waals surface area contributed by atoms with E-state index in [2.05, 4.69) is 11.9 Å². The number of aryl methyl sites for hydroxylation is 1. The van der Waals surface area contributed by atoms with E-state index in [1.165, 1.54) is 18.2 Å².